The molecule has 14 heteroatoms. The Balaban J connectivity index is 2.25. The van der Waals surface area contributed by atoms with Crippen LogP contribution < -0.4 is 0 Å². The lowest BCUT2D eigenvalue weighted by atomic mass is 9.87. The molecular formula is C21H32N3O10P. The molecule has 13 nitrogen and oxygen atoms in total. The first-order chi connectivity index (χ1) is 16.5. The van der Waals surface area contributed by atoms with Gasteiger partial charge in [0.25, 0.3) is 0 Å². The Kier molecular flexibility index (Phi) is 11.2. The van der Waals surface area contributed by atoms with Gasteiger partial charge in [0, 0.05) is 24.8 Å². The maximum Gasteiger partial charge on any atom is 0.472 e. The number of nitrogens with zero attached hydrogens (tertiary/aromatic N) is 3. The Morgan fingerprint density at radius 1 is 1.00 bits per heavy atom. The molecule has 1 fully saturated rings. The van der Waals surface area contributed by atoms with Crippen LogP contribution in [0.4, 0.5) is 0 Å². The summed E-state index contributed by atoms with van der Waals surface area (Å²) in [4.78, 5) is 51.3. The van der Waals surface area contributed by atoms with E-state index in [0.29, 0.717) is 24.1 Å². The van der Waals surface area contributed by atoms with Crippen molar-refractivity contribution in [1.29, 1.82) is 0 Å². The first-order valence-electron chi connectivity index (χ1n) is 11.2. The van der Waals surface area contributed by atoms with Gasteiger partial charge in [0.05, 0.1) is 38.5 Å². The number of phosphoric acid groups is 1. The number of aromatic nitrogens is 1. The van der Waals surface area contributed by atoms with Gasteiger partial charge < -0.3 is 20.2 Å². The molecule has 0 aliphatic heterocycles. The van der Waals surface area contributed by atoms with Gasteiger partial charge in [0.1, 0.15) is 0 Å². The summed E-state index contributed by atoms with van der Waals surface area (Å²) < 4.78 is 21.4. The normalized spacial score (nSPS) is 20.0. The molecule has 4 N–H and O–H groups in total. The van der Waals surface area contributed by atoms with Gasteiger partial charge in [-0.05, 0) is 37.5 Å². The molecule has 0 amide bonds. The second-order valence-corrected chi connectivity index (χ2v) is 9.68. The third kappa shape index (κ3) is 10.0. The van der Waals surface area contributed by atoms with Gasteiger partial charge in [-0.1, -0.05) is 12.8 Å². The summed E-state index contributed by atoms with van der Waals surface area (Å²) in [6, 6.07) is 2.33. The number of carboxylic acids is 3. The molecule has 0 radical (unpaired) electrons. The van der Waals surface area contributed by atoms with Crippen LogP contribution in [0, 0.1) is 0 Å². The molecule has 1 saturated carbocycles. The lowest BCUT2D eigenvalue weighted by molar-refractivity contribution is -0.146. The molecule has 1 aromatic rings. The summed E-state index contributed by atoms with van der Waals surface area (Å²) in [5, 5.41) is 28.1. The average molecular weight is 517 g/mol. The third-order valence-electron chi connectivity index (χ3n) is 5.58. The van der Waals surface area contributed by atoms with E-state index in [1.807, 2.05) is 0 Å². The number of pyridine rings is 1. The number of carbonyl (C=O) groups is 3. The van der Waals surface area contributed by atoms with Crippen LogP contribution in [0.15, 0.2) is 18.3 Å². The summed E-state index contributed by atoms with van der Waals surface area (Å²) in [6.45, 7) is 0.134. The van der Waals surface area contributed by atoms with E-state index >= 15 is 0 Å². The minimum atomic E-state index is -4.19. The second kappa shape index (κ2) is 13.6. The van der Waals surface area contributed by atoms with Crippen molar-refractivity contribution in [2.24, 2.45) is 0 Å². The first kappa shape index (κ1) is 28.8. The highest BCUT2D eigenvalue weighted by atomic mass is 31.2. The van der Waals surface area contributed by atoms with E-state index in [2.05, 4.69) is 9.51 Å². The van der Waals surface area contributed by atoms with E-state index in [1.54, 1.807) is 24.0 Å². The molecule has 3 atom stereocenters. The van der Waals surface area contributed by atoms with Crippen molar-refractivity contribution in [2.75, 3.05) is 26.2 Å². The summed E-state index contributed by atoms with van der Waals surface area (Å²) in [7, 11) is -4.19. The van der Waals surface area contributed by atoms with Gasteiger partial charge in [-0.15, -0.1) is 0 Å². The van der Waals surface area contributed by atoms with Gasteiger partial charge in [-0.3, -0.25) is 38.2 Å². The highest BCUT2D eigenvalue weighted by molar-refractivity contribution is 7.47. The topological polar surface area (TPSA) is 187 Å². The fraction of sp³-hybridized carbons (Fsp3) is 0.619. The summed E-state index contributed by atoms with van der Waals surface area (Å²) in [6.07, 6.45) is 4.12. The summed E-state index contributed by atoms with van der Waals surface area (Å²) in [5.74, 6) is -3.42. The Morgan fingerprint density at radius 2 is 1.54 bits per heavy atom. The summed E-state index contributed by atoms with van der Waals surface area (Å²) in [5.41, 5.74) is 1.00. The fourth-order valence-corrected chi connectivity index (χ4v) is 5.03. The Hall–Kier alpha value is -2.41. The van der Waals surface area contributed by atoms with Crippen LogP contribution in [0.3, 0.4) is 0 Å². The van der Waals surface area contributed by atoms with Crippen LogP contribution in [-0.2, 0) is 41.1 Å². The smallest absolute Gasteiger partial charge is 0.472 e. The van der Waals surface area contributed by atoms with Crippen LogP contribution >= 0.6 is 7.82 Å². The van der Waals surface area contributed by atoms with E-state index in [-0.39, 0.29) is 26.3 Å². The van der Waals surface area contributed by atoms with Crippen LogP contribution in [0.25, 0.3) is 0 Å². The second-order valence-electron chi connectivity index (χ2n) is 8.23. The molecule has 35 heavy (non-hydrogen) atoms. The van der Waals surface area contributed by atoms with Crippen molar-refractivity contribution < 1.29 is 48.2 Å². The lowest BCUT2D eigenvalue weighted by Crippen LogP contribution is -2.56. The van der Waals surface area contributed by atoms with Crippen molar-refractivity contribution >= 4 is 25.7 Å². The molecule has 1 aliphatic rings. The Bertz CT molecular complexity index is 914. The van der Waals surface area contributed by atoms with E-state index in [9.17, 15) is 39.2 Å². The van der Waals surface area contributed by atoms with Gasteiger partial charge in [0.15, 0.2) is 0 Å². The number of aliphatic carboxylic acids is 3. The highest BCUT2D eigenvalue weighted by Crippen LogP contribution is 2.43. The molecule has 2 unspecified atom stereocenters. The van der Waals surface area contributed by atoms with E-state index in [4.69, 9.17) is 4.52 Å². The van der Waals surface area contributed by atoms with Gasteiger partial charge in [-0.2, -0.15) is 0 Å². The minimum absolute atomic E-state index is 0.00283. The quantitative estimate of drug-likeness (QED) is 0.245. The zero-order valence-electron chi connectivity index (χ0n) is 19.5. The monoisotopic (exact) mass is 517 g/mol. The molecule has 1 aromatic heterocycles. The van der Waals surface area contributed by atoms with Crippen LogP contribution in [-0.4, -0.2) is 91.2 Å². The zero-order valence-corrected chi connectivity index (χ0v) is 20.4. The maximum atomic E-state index is 11.8. The molecular weight excluding hydrogens is 485 g/mol. The molecule has 0 saturated heterocycles. The average Bonchev–Trinajstić information content (AvgIpc) is 2.76. The number of phosphoric ester groups is 1. The number of hydrogen-bond acceptors (Lipinski definition) is 9. The van der Waals surface area contributed by atoms with Crippen molar-refractivity contribution in [2.45, 2.75) is 57.8 Å². The zero-order chi connectivity index (χ0) is 26.0. The van der Waals surface area contributed by atoms with E-state index in [0.717, 1.165) is 12.8 Å². The number of hydrogen-bond donors (Lipinski definition) is 4. The highest BCUT2D eigenvalue weighted by Gasteiger charge is 2.36. The Labute approximate surface area is 202 Å². The van der Waals surface area contributed by atoms with Crippen molar-refractivity contribution in [3.05, 3.63) is 29.6 Å². The predicted molar refractivity (Wildman–Crippen MR) is 121 cm³/mol. The SMILES string of the molecule is CCOP(=O)(O)OCc1ccnc(CN(CC(=O)O)[C@H]2CCCCC2N(CC(=O)O)CC(=O)O)c1. The van der Waals surface area contributed by atoms with Crippen molar-refractivity contribution in [1.82, 2.24) is 14.8 Å². The molecule has 0 spiro atoms. The number of rotatable bonds is 15. The van der Waals surface area contributed by atoms with Gasteiger partial charge in [0.2, 0.25) is 0 Å². The largest absolute Gasteiger partial charge is 0.480 e. The fourth-order valence-electron chi connectivity index (χ4n) is 4.31. The molecule has 0 aromatic carbocycles. The predicted octanol–water partition coefficient (Wildman–Crippen LogP) is 1.40. The lowest BCUT2D eigenvalue weighted by Gasteiger charge is -2.43. The van der Waals surface area contributed by atoms with Gasteiger partial charge >= 0.3 is 25.7 Å². The van der Waals surface area contributed by atoms with Crippen LogP contribution in [0.2, 0.25) is 0 Å². The van der Waals surface area contributed by atoms with Crippen molar-refractivity contribution in [3.8, 4) is 0 Å². The van der Waals surface area contributed by atoms with E-state index < -0.39 is 50.9 Å². The molecule has 2 rings (SSSR count). The molecule has 1 heterocycles. The molecule has 1 aliphatic carbocycles. The molecule has 0 bridgehead atoms. The Morgan fingerprint density at radius 3 is 2.09 bits per heavy atom. The maximum absolute atomic E-state index is 11.8. The summed E-state index contributed by atoms with van der Waals surface area (Å²) >= 11 is 0. The minimum Gasteiger partial charge on any atom is -0.480 e. The standard InChI is InChI=1S/C21H32N3O10P/c1-2-33-35(31,32)34-14-15-7-8-22-16(9-15)10-23(11-19(25)26)17-5-3-4-6-18(17)24(12-20(27)28)13-21(29)30/h7-9,17-18H,2-6,10-14H2,1H3,(H,25,26)(H,27,28)(H,29,30)(H,31,32)/t17-,18?/m0/s1. The molecule has 196 valence electrons. The van der Waals surface area contributed by atoms with Gasteiger partial charge in [-0.25, -0.2) is 4.57 Å². The first-order valence-corrected chi connectivity index (χ1v) is 12.7. The van der Waals surface area contributed by atoms with Crippen molar-refractivity contribution in [3.63, 3.8) is 0 Å². The van der Waals surface area contributed by atoms with Crippen LogP contribution in [0.1, 0.15) is 43.9 Å². The number of carboxylic acid groups (broad SMARTS) is 3. The third-order valence-corrected chi connectivity index (χ3v) is 6.62. The van der Waals surface area contributed by atoms with E-state index in [1.165, 1.54) is 11.1 Å². The van der Waals surface area contributed by atoms with Crippen LogP contribution in [0.5, 0.6) is 0 Å².